The van der Waals surface area contributed by atoms with Crippen molar-refractivity contribution in [1.29, 1.82) is 0 Å². The summed E-state index contributed by atoms with van der Waals surface area (Å²) in [4.78, 5) is 9.47. The molecule has 3 heterocycles. The van der Waals surface area contributed by atoms with Crippen LogP contribution in [0.3, 0.4) is 0 Å². The highest BCUT2D eigenvalue weighted by Crippen LogP contribution is 2.33. The molecule has 0 aliphatic heterocycles. The lowest BCUT2D eigenvalue weighted by atomic mass is 10.0. The minimum absolute atomic E-state index is 0.275. The first-order chi connectivity index (χ1) is 13.3. The first kappa shape index (κ1) is 15.5. The van der Waals surface area contributed by atoms with Crippen LogP contribution in [0.2, 0.25) is 0 Å². The summed E-state index contributed by atoms with van der Waals surface area (Å²) in [7, 11) is 0. The number of hydrogen-bond acceptors (Lipinski definition) is 4. The Kier molecular flexibility index (Phi) is 3.57. The molecule has 0 unspecified atom stereocenters. The van der Waals surface area contributed by atoms with Crippen molar-refractivity contribution in [2.45, 2.75) is 0 Å². The fraction of sp³-hybridized carbons (Fsp3) is 0. The zero-order valence-electron chi connectivity index (χ0n) is 14.1. The Labute approximate surface area is 153 Å². The number of benzene rings is 2. The average Bonchev–Trinajstić information content (AvgIpc) is 3.41. The predicted octanol–water partition coefficient (Wildman–Crippen LogP) is 5.96. The van der Waals surface area contributed by atoms with Crippen LogP contribution in [-0.4, -0.2) is 9.97 Å². The van der Waals surface area contributed by atoms with E-state index in [-0.39, 0.29) is 5.82 Å². The second-order valence-corrected chi connectivity index (χ2v) is 6.06. The van der Waals surface area contributed by atoms with Crippen LogP contribution in [0.1, 0.15) is 0 Å². The van der Waals surface area contributed by atoms with Gasteiger partial charge in [-0.05, 0) is 48.0 Å². The number of aromatic nitrogens is 2. The number of rotatable bonds is 3. The molecule has 0 N–H and O–H groups in total. The van der Waals surface area contributed by atoms with Crippen LogP contribution in [0.4, 0.5) is 4.39 Å². The third-order valence-corrected chi connectivity index (χ3v) is 4.36. The lowest BCUT2D eigenvalue weighted by molar-refractivity contribution is 0.572. The first-order valence-corrected chi connectivity index (χ1v) is 8.44. The fourth-order valence-corrected chi connectivity index (χ4v) is 3.09. The second-order valence-electron chi connectivity index (χ2n) is 6.06. The quantitative estimate of drug-likeness (QED) is 0.400. The normalized spacial score (nSPS) is 11.1. The molecule has 0 saturated carbocycles. The van der Waals surface area contributed by atoms with Crippen LogP contribution in [0, 0.1) is 5.82 Å². The largest absolute Gasteiger partial charge is 0.463 e. The van der Waals surface area contributed by atoms with E-state index in [2.05, 4.69) is 0 Å². The maximum Gasteiger partial charge on any atom is 0.154 e. The van der Waals surface area contributed by atoms with E-state index in [1.807, 2.05) is 36.4 Å². The van der Waals surface area contributed by atoms with Crippen molar-refractivity contribution in [3.05, 3.63) is 85.1 Å². The van der Waals surface area contributed by atoms with E-state index in [0.717, 1.165) is 5.56 Å². The predicted molar refractivity (Wildman–Crippen MR) is 100 cm³/mol. The maximum atomic E-state index is 14.2. The first-order valence-electron chi connectivity index (χ1n) is 8.44. The molecule has 0 atom stereocenters. The molecule has 0 spiro atoms. The van der Waals surface area contributed by atoms with Gasteiger partial charge in [0.05, 0.1) is 23.6 Å². The van der Waals surface area contributed by atoms with Gasteiger partial charge in [-0.3, -0.25) is 0 Å². The van der Waals surface area contributed by atoms with E-state index < -0.39 is 0 Å². The zero-order chi connectivity index (χ0) is 18.2. The standard InChI is InChI=1S/C22H13FN2O2/c23-16-6-2-1-5-15(16)14-9-10-17-18(13-14)25-22(20-8-4-12-27-20)21(24-17)19-7-3-11-26-19/h1-13H. The van der Waals surface area contributed by atoms with Gasteiger partial charge in [-0.15, -0.1) is 0 Å². The van der Waals surface area contributed by atoms with E-state index in [4.69, 9.17) is 18.8 Å². The van der Waals surface area contributed by atoms with Gasteiger partial charge in [0.25, 0.3) is 0 Å². The summed E-state index contributed by atoms with van der Waals surface area (Å²) in [5.41, 5.74) is 3.78. The Morgan fingerprint density at radius 2 is 1.33 bits per heavy atom. The van der Waals surface area contributed by atoms with Crippen LogP contribution in [0.5, 0.6) is 0 Å². The smallest absolute Gasteiger partial charge is 0.154 e. The topological polar surface area (TPSA) is 52.1 Å². The van der Waals surface area contributed by atoms with E-state index in [1.54, 1.807) is 36.8 Å². The van der Waals surface area contributed by atoms with Crippen LogP contribution >= 0.6 is 0 Å². The molecule has 4 nitrogen and oxygen atoms in total. The molecule has 0 bridgehead atoms. The summed E-state index contributed by atoms with van der Waals surface area (Å²) in [6.45, 7) is 0. The molecular weight excluding hydrogens is 343 g/mol. The summed E-state index contributed by atoms with van der Waals surface area (Å²) in [6, 6.07) is 19.4. The average molecular weight is 356 g/mol. The third-order valence-electron chi connectivity index (χ3n) is 4.36. The molecule has 27 heavy (non-hydrogen) atoms. The van der Waals surface area contributed by atoms with Gasteiger partial charge in [-0.1, -0.05) is 24.3 Å². The molecule has 5 rings (SSSR count). The summed E-state index contributed by atoms with van der Waals surface area (Å²) in [5.74, 6) is 0.921. The highest BCUT2D eigenvalue weighted by molar-refractivity contribution is 5.87. The Morgan fingerprint density at radius 3 is 1.96 bits per heavy atom. The number of hydrogen-bond donors (Lipinski definition) is 0. The molecular formula is C22H13FN2O2. The Bertz CT molecular complexity index is 1230. The third kappa shape index (κ3) is 2.69. The lowest BCUT2D eigenvalue weighted by Crippen LogP contribution is -1.95. The number of fused-ring (bicyclic) bond motifs is 1. The molecule has 0 amide bonds. The van der Waals surface area contributed by atoms with Crippen molar-refractivity contribution in [2.75, 3.05) is 0 Å². The summed E-state index contributed by atoms with van der Waals surface area (Å²) in [5, 5.41) is 0. The molecule has 2 aromatic carbocycles. The van der Waals surface area contributed by atoms with Crippen molar-refractivity contribution in [1.82, 2.24) is 9.97 Å². The molecule has 5 heteroatoms. The van der Waals surface area contributed by atoms with Gasteiger partial charge in [0.2, 0.25) is 0 Å². The SMILES string of the molecule is Fc1ccccc1-c1ccc2nc(-c3ccco3)c(-c3ccco3)nc2c1. The number of furan rings is 2. The van der Waals surface area contributed by atoms with E-state index in [0.29, 0.717) is 39.5 Å². The van der Waals surface area contributed by atoms with Crippen LogP contribution < -0.4 is 0 Å². The summed E-state index contributed by atoms with van der Waals surface area (Å²) < 4.78 is 25.2. The highest BCUT2D eigenvalue weighted by atomic mass is 19.1. The number of nitrogens with zero attached hydrogens (tertiary/aromatic N) is 2. The Balaban J connectivity index is 1.75. The van der Waals surface area contributed by atoms with E-state index in [9.17, 15) is 4.39 Å². The highest BCUT2D eigenvalue weighted by Gasteiger charge is 2.17. The Morgan fingerprint density at radius 1 is 0.667 bits per heavy atom. The van der Waals surface area contributed by atoms with Crippen molar-refractivity contribution in [3.63, 3.8) is 0 Å². The minimum atomic E-state index is -0.275. The Hall–Kier alpha value is -3.73. The van der Waals surface area contributed by atoms with Gasteiger partial charge >= 0.3 is 0 Å². The van der Waals surface area contributed by atoms with Crippen molar-refractivity contribution in [2.24, 2.45) is 0 Å². The molecule has 0 aliphatic rings. The van der Waals surface area contributed by atoms with Crippen molar-refractivity contribution >= 4 is 11.0 Å². The molecule has 0 fully saturated rings. The van der Waals surface area contributed by atoms with Gasteiger partial charge in [0, 0.05) is 5.56 Å². The van der Waals surface area contributed by atoms with Gasteiger partial charge in [0.15, 0.2) is 11.5 Å². The number of halogens is 1. The van der Waals surface area contributed by atoms with Gasteiger partial charge < -0.3 is 8.83 Å². The zero-order valence-corrected chi connectivity index (χ0v) is 14.1. The molecule has 0 aliphatic carbocycles. The summed E-state index contributed by atoms with van der Waals surface area (Å²) in [6.07, 6.45) is 3.18. The van der Waals surface area contributed by atoms with E-state index in [1.165, 1.54) is 6.07 Å². The minimum Gasteiger partial charge on any atom is -0.463 e. The maximum absolute atomic E-state index is 14.2. The van der Waals surface area contributed by atoms with Crippen molar-refractivity contribution < 1.29 is 13.2 Å². The van der Waals surface area contributed by atoms with Gasteiger partial charge in [0.1, 0.15) is 17.2 Å². The second kappa shape index (κ2) is 6.21. The summed E-state index contributed by atoms with van der Waals surface area (Å²) >= 11 is 0. The van der Waals surface area contributed by atoms with Crippen LogP contribution in [0.25, 0.3) is 45.1 Å². The van der Waals surface area contributed by atoms with Gasteiger partial charge in [-0.2, -0.15) is 0 Å². The van der Waals surface area contributed by atoms with Crippen LogP contribution in [-0.2, 0) is 0 Å². The van der Waals surface area contributed by atoms with Crippen molar-refractivity contribution in [3.8, 4) is 34.0 Å². The molecule has 3 aromatic heterocycles. The molecule has 0 radical (unpaired) electrons. The lowest BCUT2D eigenvalue weighted by Gasteiger charge is -2.08. The monoisotopic (exact) mass is 356 g/mol. The molecule has 5 aromatic rings. The molecule has 130 valence electrons. The van der Waals surface area contributed by atoms with E-state index >= 15 is 0 Å². The van der Waals surface area contributed by atoms with Crippen LogP contribution in [0.15, 0.2) is 88.1 Å². The van der Waals surface area contributed by atoms with Gasteiger partial charge in [-0.25, -0.2) is 14.4 Å². The fourth-order valence-electron chi connectivity index (χ4n) is 3.09. The molecule has 0 saturated heterocycles.